The molecule has 2 aliphatic rings. The van der Waals surface area contributed by atoms with Gasteiger partial charge < -0.3 is 20.1 Å². The third-order valence-electron chi connectivity index (χ3n) is 3.38. The molecule has 1 saturated heterocycles. The zero-order valence-electron chi connectivity index (χ0n) is 9.72. The highest BCUT2D eigenvalue weighted by Gasteiger charge is 2.36. The van der Waals surface area contributed by atoms with E-state index in [-0.39, 0.29) is 24.7 Å². The largest absolute Gasteiger partial charge is 0.480 e. The van der Waals surface area contributed by atoms with E-state index in [1.807, 2.05) is 0 Å². The molecule has 2 amide bonds. The van der Waals surface area contributed by atoms with Crippen LogP contribution in [0.15, 0.2) is 0 Å². The number of rotatable bonds is 2. The minimum absolute atomic E-state index is 0.117. The van der Waals surface area contributed by atoms with Crippen molar-refractivity contribution in [1.29, 1.82) is 0 Å². The number of carboxylic acid groups (broad SMARTS) is 1. The molecule has 0 aromatic heterocycles. The van der Waals surface area contributed by atoms with E-state index in [9.17, 15) is 9.59 Å². The molecule has 2 N–H and O–H groups in total. The minimum Gasteiger partial charge on any atom is -0.480 e. The summed E-state index contributed by atoms with van der Waals surface area (Å²) in [6.45, 7) is 0.766. The molecule has 17 heavy (non-hydrogen) atoms. The lowest BCUT2D eigenvalue weighted by Crippen LogP contribution is -2.57. The molecule has 2 unspecified atom stereocenters. The van der Waals surface area contributed by atoms with Gasteiger partial charge in [0.2, 0.25) is 0 Å². The van der Waals surface area contributed by atoms with Crippen molar-refractivity contribution in [3.05, 3.63) is 0 Å². The summed E-state index contributed by atoms with van der Waals surface area (Å²) in [6.07, 6.45) is 4.32. The zero-order valence-corrected chi connectivity index (χ0v) is 9.72. The monoisotopic (exact) mass is 242 g/mol. The van der Waals surface area contributed by atoms with Crippen LogP contribution in [0.2, 0.25) is 0 Å². The number of ether oxygens (including phenoxy) is 1. The van der Waals surface area contributed by atoms with Crippen molar-refractivity contribution in [2.75, 3.05) is 19.7 Å². The minimum atomic E-state index is -1.02. The number of hydrogen-bond donors (Lipinski definition) is 2. The highest BCUT2D eigenvalue weighted by Crippen LogP contribution is 2.28. The summed E-state index contributed by atoms with van der Waals surface area (Å²) in [6, 6.07) is -0.168. The van der Waals surface area contributed by atoms with Crippen molar-refractivity contribution in [3.63, 3.8) is 0 Å². The molecular formula is C11H18N2O4. The first kappa shape index (κ1) is 12.2. The normalized spacial score (nSPS) is 28.4. The van der Waals surface area contributed by atoms with Gasteiger partial charge in [-0.3, -0.25) is 4.79 Å². The fourth-order valence-corrected chi connectivity index (χ4v) is 2.60. The summed E-state index contributed by atoms with van der Waals surface area (Å²) in [4.78, 5) is 24.0. The molecule has 0 radical (unpaired) electrons. The van der Waals surface area contributed by atoms with Gasteiger partial charge in [0, 0.05) is 6.54 Å². The molecule has 0 spiro atoms. The molecule has 1 aliphatic heterocycles. The van der Waals surface area contributed by atoms with Crippen LogP contribution in [0.4, 0.5) is 4.79 Å². The third kappa shape index (κ3) is 2.88. The van der Waals surface area contributed by atoms with Crippen LogP contribution < -0.4 is 5.32 Å². The van der Waals surface area contributed by atoms with Gasteiger partial charge in [-0.2, -0.15) is 0 Å². The van der Waals surface area contributed by atoms with Crippen molar-refractivity contribution in [2.45, 2.75) is 37.8 Å². The first-order valence-corrected chi connectivity index (χ1v) is 6.06. The molecule has 2 rings (SSSR count). The van der Waals surface area contributed by atoms with Gasteiger partial charge in [-0.1, -0.05) is 12.8 Å². The van der Waals surface area contributed by atoms with Gasteiger partial charge >= 0.3 is 12.0 Å². The van der Waals surface area contributed by atoms with Gasteiger partial charge in [-0.05, 0) is 12.8 Å². The Morgan fingerprint density at radius 3 is 2.88 bits per heavy atom. The van der Waals surface area contributed by atoms with Gasteiger partial charge in [0.1, 0.15) is 6.54 Å². The van der Waals surface area contributed by atoms with Gasteiger partial charge in [0.25, 0.3) is 0 Å². The number of amides is 2. The molecular weight excluding hydrogens is 224 g/mol. The number of fused-ring (bicyclic) bond motifs is 1. The highest BCUT2D eigenvalue weighted by molar-refractivity contribution is 5.80. The number of nitrogens with one attached hydrogen (secondary N) is 1. The maximum absolute atomic E-state index is 11.9. The van der Waals surface area contributed by atoms with Crippen LogP contribution in [0.3, 0.4) is 0 Å². The number of morpholine rings is 1. The van der Waals surface area contributed by atoms with Gasteiger partial charge in [-0.25, -0.2) is 4.79 Å². The van der Waals surface area contributed by atoms with E-state index in [2.05, 4.69) is 5.32 Å². The Hall–Kier alpha value is -1.30. The van der Waals surface area contributed by atoms with Gasteiger partial charge in [0.15, 0.2) is 0 Å². The Morgan fingerprint density at radius 2 is 2.12 bits per heavy atom. The number of carboxylic acids is 1. The van der Waals surface area contributed by atoms with E-state index in [1.165, 1.54) is 0 Å². The molecule has 1 heterocycles. The Kier molecular flexibility index (Phi) is 3.83. The maximum atomic E-state index is 11.9. The summed E-state index contributed by atoms with van der Waals surface area (Å²) in [7, 11) is 0. The van der Waals surface area contributed by atoms with Crippen molar-refractivity contribution in [3.8, 4) is 0 Å². The van der Waals surface area contributed by atoms with Gasteiger partial charge in [-0.15, -0.1) is 0 Å². The van der Waals surface area contributed by atoms with E-state index in [0.29, 0.717) is 13.2 Å². The summed E-state index contributed by atoms with van der Waals surface area (Å²) in [5.41, 5.74) is 0. The van der Waals surface area contributed by atoms with Gasteiger partial charge in [0.05, 0.1) is 18.8 Å². The Labute approximate surface area is 99.9 Å². The topological polar surface area (TPSA) is 78.9 Å². The van der Waals surface area contributed by atoms with E-state index in [1.54, 1.807) is 4.90 Å². The highest BCUT2D eigenvalue weighted by atomic mass is 16.5. The molecule has 6 nitrogen and oxygen atoms in total. The van der Waals surface area contributed by atoms with E-state index in [0.717, 1.165) is 25.7 Å². The number of nitrogens with zero attached hydrogens (tertiary/aromatic N) is 1. The zero-order chi connectivity index (χ0) is 12.3. The number of urea groups is 1. The first-order chi connectivity index (χ1) is 8.18. The van der Waals surface area contributed by atoms with Crippen LogP contribution in [0, 0.1) is 0 Å². The second-order valence-electron chi connectivity index (χ2n) is 4.51. The SMILES string of the molecule is O=C(O)CNC(=O)N1CCOC2CCCCC21. The Bertz CT molecular complexity index is 306. The van der Waals surface area contributed by atoms with Crippen molar-refractivity contribution < 1.29 is 19.4 Å². The average molecular weight is 242 g/mol. The lowest BCUT2D eigenvalue weighted by Gasteiger charge is -2.43. The van der Waals surface area contributed by atoms with Crippen LogP contribution in [0.5, 0.6) is 0 Å². The number of carbonyl (C=O) groups is 2. The summed E-state index contributed by atoms with van der Waals surface area (Å²) < 4.78 is 5.65. The smallest absolute Gasteiger partial charge is 0.323 e. The first-order valence-electron chi connectivity index (χ1n) is 6.06. The van der Waals surface area contributed by atoms with Crippen molar-refractivity contribution >= 4 is 12.0 Å². The molecule has 2 atom stereocenters. The molecule has 1 aliphatic carbocycles. The molecule has 6 heteroatoms. The predicted octanol–water partition coefficient (Wildman–Crippen LogP) is 0.424. The molecule has 96 valence electrons. The van der Waals surface area contributed by atoms with Crippen LogP contribution >= 0.6 is 0 Å². The molecule has 2 fully saturated rings. The second-order valence-corrected chi connectivity index (χ2v) is 4.51. The summed E-state index contributed by atoms with van der Waals surface area (Å²) in [5.74, 6) is -1.02. The number of hydrogen-bond acceptors (Lipinski definition) is 3. The standard InChI is InChI=1S/C11H18N2O4/c14-10(15)7-12-11(16)13-5-6-17-9-4-2-1-3-8(9)13/h8-9H,1-7H2,(H,12,16)(H,14,15). The molecule has 1 saturated carbocycles. The van der Waals surface area contributed by atoms with E-state index < -0.39 is 5.97 Å². The molecule has 0 aromatic rings. The number of aliphatic carboxylic acids is 1. The Balaban J connectivity index is 1.93. The number of carbonyl (C=O) groups excluding carboxylic acids is 1. The fraction of sp³-hybridized carbons (Fsp3) is 0.818. The summed E-state index contributed by atoms with van der Waals surface area (Å²) in [5, 5.41) is 11.0. The molecule has 0 aromatic carbocycles. The van der Waals surface area contributed by atoms with Crippen LogP contribution in [-0.4, -0.2) is 53.8 Å². The van der Waals surface area contributed by atoms with Crippen LogP contribution in [-0.2, 0) is 9.53 Å². The quantitative estimate of drug-likeness (QED) is 0.735. The predicted molar refractivity (Wildman–Crippen MR) is 59.7 cm³/mol. The lowest BCUT2D eigenvalue weighted by atomic mass is 9.90. The molecule has 0 bridgehead atoms. The van der Waals surface area contributed by atoms with E-state index >= 15 is 0 Å². The Morgan fingerprint density at radius 1 is 1.35 bits per heavy atom. The third-order valence-corrected chi connectivity index (χ3v) is 3.38. The maximum Gasteiger partial charge on any atom is 0.323 e. The lowest BCUT2D eigenvalue weighted by molar-refractivity contribution is -0.135. The fourth-order valence-electron chi connectivity index (χ4n) is 2.60. The van der Waals surface area contributed by atoms with Crippen LogP contribution in [0.25, 0.3) is 0 Å². The average Bonchev–Trinajstić information content (AvgIpc) is 2.35. The summed E-state index contributed by atoms with van der Waals surface area (Å²) >= 11 is 0. The van der Waals surface area contributed by atoms with Crippen LogP contribution in [0.1, 0.15) is 25.7 Å². The van der Waals surface area contributed by atoms with Crippen molar-refractivity contribution in [1.82, 2.24) is 10.2 Å². The van der Waals surface area contributed by atoms with Crippen molar-refractivity contribution in [2.24, 2.45) is 0 Å². The second kappa shape index (κ2) is 5.35. The van der Waals surface area contributed by atoms with E-state index in [4.69, 9.17) is 9.84 Å².